The lowest BCUT2D eigenvalue weighted by Gasteiger charge is -2.33. The summed E-state index contributed by atoms with van der Waals surface area (Å²) < 4.78 is 0. The van der Waals surface area contributed by atoms with Crippen molar-refractivity contribution < 1.29 is 9.90 Å². The van der Waals surface area contributed by atoms with E-state index in [1.54, 1.807) is 29.2 Å². The number of nitrogens with zero attached hydrogens (tertiary/aromatic N) is 1. The molecule has 1 aliphatic rings. The predicted octanol–water partition coefficient (Wildman–Crippen LogP) is 1.85. The second-order valence-electron chi connectivity index (χ2n) is 5.44. The summed E-state index contributed by atoms with van der Waals surface area (Å²) in [7, 11) is 0. The van der Waals surface area contributed by atoms with Gasteiger partial charge in [-0.25, -0.2) is 0 Å². The van der Waals surface area contributed by atoms with Gasteiger partial charge in [0, 0.05) is 18.3 Å². The van der Waals surface area contributed by atoms with Crippen molar-refractivity contribution in [2.75, 3.05) is 11.4 Å². The van der Waals surface area contributed by atoms with Crippen molar-refractivity contribution in [3.05, 3.63) is 59.7 Å². The van der Waals surface area contributed by atoms with Crippen LogP contribution in [0.5, 0.6) is 5.75 Å². The number of aromatic hydroxyl groups is 1. The van der Waals surface area contributed by atoms with Crippen LogP contribution in [0.3, 0.4) is 0 Å². The third-order valence-corrected chi connectivity index (χ3v) is 3.77. The zero-order chi connectivity index (χ0) is 14.8. The minimum atomic E-state index is -0.0244. The maximum Gasteiger partial charge on any atom is 0.231 e. The number of hydrogen-bond donors (Lipinski definition) is 2. The topological polar surface area (TPSA) is 66.6 Å². The number of fused-ring (bicyclic) bond motifs is 1. The van der Waals surface area contributed by atoms with Crippen molar-refractivity contribution in [2.45, 2.75) is 18.9 Å². The fraction of sp³-hybridized carbons (Fsp3) is 0.235. The highest BCUT2D eigenvalue weighted by Gasteiger charge is 2.26. The van der Waals surface area contributed by atoms with Crippen LogP contribution in [0.1, 0.15) is 11.1 Å². The lowest BCUT2D eigenvalue weighted by atomic mass is 9.97. The Kier molecular flexibility index (Phi) is 3.62. The molecule has 1 heterocycles. The Morgan fingerprint density at radius 2 is 1.90 bits per heavy atom. The van der Waals surface area contributed by atoms with Gasteiger partial charge in [0.1, 0.15) is 5.75 Å². The number of carbonyl (C=O) groups excluding carboxylic acids is 1. The molecule has 108 valence electrons. The second-order valence-corrected chi connectivity index (χ2v) is 5.44. The van der Waals surface area contributed by atoms with Gasteiger partial charge in [0.2, 0.25) is 5.91 Å². The van der Waals surface area contributed by atoms with Crippen molar-refractivity contribution in [3.8, 4) is 5.75 Å². The van der Waals surface area contributed by atoms with Gasteiger partial charge < -0.3 is 15.7 Å². The summed E-state index contributed by atoms with van der Waals surface area (Å²) in [6.45, 7) is 0.550. The lowest BCUT2D eigenvalue weighted by Crippen LogP contribution is -2.46. The standard InChI is InChI=1S/C17H18N2O2/c18-14-10-13-3-1-2-4-16(13)19(11-14)17(21)9-12-5-7-15(20)8-6-12/h1-8,14,20H,9-11,18H2. The van der Waals surface area contributed by atoms with Crippen molar-refractivity contribution in [1.82, 2.24) is 0 Å². The molecule has 0 radical (unpaired) electrons. The summed E-state index contributed by atoms with van der Waals surface area (Å²) in [4.78, 5) is 14.3. The second kappa shape index (κ2) is 5.58. The summed E-state index contributed by atoms with van der Waals surface area (Å²) in [6.07, 6.45) is 1.11. The first-order valence-electron chi connectivity index (χ1n) is 7.05. The van der Waals surface area contributed by atoms with Gasteiger partial charge in [-0.05, 0) is 35.7 Å². The maximum atomic E-state index is 12.6. The summed E-state index contributed by atoms with van der Waals surface area (Å²) in [5.74, 6) is 0.236. The van der Waals surface area contributed by atoms with Gasteiger partial charge >= 0.3 is 0 Å². The highest BCUT2D eigenvalue weighted by Crippen LogP contribution is 2.27. The van der Waals surface area contributed by atoms with Gasteiger partial charge in [0.25, 0.3) is 0 Å². The molecule has 1 aliphatic heterocycles. The van der Waals surface area contributed by atoms with Gasteiger partial charge in [0.05, 0.1) is 6.42 Å². The van der Waals surface area contributed by atoms with E-state index in [0.717, 1.165) is 23.2 Å². The normalized spacial score (nSPS) is 17.4. The average molecular weight is 282 g/mol. The van der Waals surface area contributed by atoms with Crippen molar-refractivity contribution in [2.24, 2.45) is 5.73 Å². The van der Waals surface area contributed by atoms with Crippen molar-refractivity contribution in [3.63, 3.8) is 0 Å². The largest absolute Gasteiger partial charge is 0.508 e. The molecule has 3 rings (SSSR count). The fourth-order valence-corrected chi connectivity index (χ4v) is 2.75. The van der Waals surface area contributed by atoms with E-state index in [1.807, 2.05) is 24.3 Å². The smallest absolute Gasteiger partial charge is 0.231 e. The highest BCUT2D eigenvalue weighted by molar-refractivity contribution is 5.96. The van der Waals surface area contributed by atoms with Gasteiger partial charge in [0.15, 0.2) is 0 Å². The molecule has 0 fully saturated rings. The maximum absolute atomic E-state index is 12.6. The first kappa shape index (κ1) is 13.6. The number of rotatable bonds is 2. The first-order chi connectivity index (χ1) is 10.1. The minimum absolute atomic E-state index is 0.0244. The van der Waals surface area contributed by atoms with E-state index in [4.69, 9.17) is 5.73 Å². The Balaban J connectivity index is 1.83. The first-order valence-corrected chi connectivity index (χ1v) is 7.05. The van der Waals surface area contributed by atoms with Crippen LogP contribution in [-0.2, 0) is 17.6 Å². The quantitative estimate of drug-likeness (QED) is 0.883. The number of amides is 1. The summed E-state index contributed by atoms with van der Waals surface area (Å²) in [5, 5.41) is 9.29. The van der Waals surface area contributed by atoms with Gasteiger partial charge in [-0.15, -0.1) is 0 Å². The molecule has 0 saturated carbocycles. The number of anilines is 1. The molecular weight excluding hydrogens is 264 g/mol. The Hall–Kier alpha value is -2.33. The van der Waals surface area contributed by atoms with E-state index < -0.39 is 0 Å². The van der Waals surface area contributed by atoms with E-state index in [2.05, 4.69) is 0 Å². The monoisotopic (exact) mass is 282 g/mol. The molecule has 0 bridgehead atoms. The molecule has 0 saturated heterocycles. The third-order valence-electron chi connectivity index (χ3n) is 3.77. The molecule has 3 N–H and O–H groups in total. The summed E-state index contributed by atoms with van der Waals surface area (Å²) in [5.41, 5.74) is 9.03. The molecular formula is C17H18N2O2. The van der Waals surface area contributed by atoms with Crippen LogP contribution in [0.25, 0.3) is 0 Å². The molecule has 4 nitrogen and oxygen atoms in total. The summed E-state index contributed by atoms with van der Waals surface area (Å²) >= 11 is 0. The number of para-hydroxylation sites is 1. The third kappa shape index (κ3) is 2.90. The Bertz CT molecular complexity index is 652. The Morgan fingerprint density at radius 3 is 2.67 bits per heavy atom. The van der Waals surface area contributed by atoms with Crippen LogP contribution in [-0.4, -0.2) is 23.6 Å². The zero-order valence-corrected chi connectivity index (χ0v) is 11.7. The molecule has 2 aromatic rings. The van der Waals surface area contributed by atoms with Crippen molar-refractivity contribution in [1.29, 1.82) is 0 Å². The number of nitrogens with two attached hydrogens (primary N) is 1. The van der Waals surface area contributed by atoms with Crippen LogP contribution in [0, 0.1) is 0 Å². The predicted molar refractivity (Wildman–Crippen MR) is 82.3 cm³/mol. The summed E-state index contributed by atoms with van der Waals surface area (Å²) in [6, 6.07) is 14.6. The molecule has 0 aromatic heterocycles. The van der Waals surface area contributed by atoms with Crippen LogP contribution < -0.4 is 10.6 Å². The molecule has 1 atom stereocenters. The fourth-order valence-electron chi connectivity index (χ4n) is 2.75. The van der Waals surface area contributed by atoms with Crippen LogP contribution >= 0.6 is 0 Å². The average Bonchev–Trinajstić information content (AvgIpc) is 2.48. The highest BCUT2D eigenvalue weighted by atomic mass is 16.3. The van der Waals surface area contributed by atoms with E-state index >= 15 is 0 Å². The Morgan fingerprint density at radius 1 is 1.19 bits per heavy atom. The van der Waals surface area contributed by atoms with Crippen LogP contribution in [0.15, 0.2) is 48.5 Å². The number of phenolic OH excluding ortho intramolecular Hbond substituents is 1. The van der Waals surface area contributed by atoms with E-state index in [9.17, 15) is 9.90 Å². The molecule has 1 unspecified atom stereocenters. The SMILES string of the molecule is NC1Cc2ccccc2N(C(=O)Cc2ccc(O)cc2)C1. The molecule has 1 amide bonds. The van der Waals surface area contributed by atoms with Crippen LogP contribution in [0.2, 0.25) is 0 Å². The lowest BCUT2D eigenvalue weighted by molar-refractivity contribution is -0.118. The van der Waals surface area contributed by atoms with Gasteiger partial charge in [-0.2, -0.15) is 0 Å². The van der Waals surface area contributed by atoms with E-state index in [0.29, 0.717) is 13.0 Å². The number of hydrogen-bond acceptors (Lipinski definition) is 3. The Labute approximate surface area is 123 Å². The number of carbonyl (C=O) groups is 1. The van der Waals surface area contributed by atoms with Crippen molar-refractivity contribution >= 4 is 11.6 Å². The van der Waals surface area contributed by atoms with Crippen LogP contribution in [0.4, 0.5) is 5.69 Å². The number of phenols is 1. The van der Waals surface area contributed by atoms with E-state index in [1.165, 1.54) is 0 Å². The molecule has 4 heteroatoms. The number of benzene rings is 2. The molecule has 21 heavy (non-hydrogen) atoms. The molecule has 0 aliphatic carbocycles. The minimum Gasteiger partial charge on any atom is -0.508 e. The van der Waals surface area contributed by atoms with Gasteiger partial charge in [-0.1, -0.05) is 30.3 Å². The van der Waals surface area contributed by atoms with E-state index in [-0.39, 0.29) is 17.7 Å². The molecule has 2 aromatic carbocycles. The molecule has 0 spiro atoms. The van der Waals surface area contributed by atoms with Gasteiger partial charge in [-0.3, -0.25) is 4.79 Å². The zero-order valence-electron chi connectivity index (χ0n) is 11.7.